The van der Waals surface area contributed by atoms with Crippen LogP contribution in [-0.4, -0.2) is 33.0 Å². The molecule has 0 atom stereocenters. The number of rotatable bonds is 7. The first-order valence-corrected chi connectivity index (χ1v) is 6.29. The molecule has 0 aliphatic rings. The molecule has 0 heterocycles. The van der Waals surface area contributed by atoms with Gasteiger partial charge in [0, 0.05) is 25.3 Å². The third kappa shape index (κ3) is 7.82. The summed E-state index contributed by atoms with van der Waals surface area (Å²) >= 11 is 0. The van der Waals surface area contributed by atoms with Gasteiger partial charge in [0.15, 0.2) is 9.84 Å². The molecule has 1 N–H and O–H groups in total. The number of hydrogen-bond donors (Lipinski definition) is 1. The molecule has 0 rings (SSSR count). The maximum absolute atomic E-state index is 11.2. The van der Waals surface area contributed by atoms with E-state index in [-0.39, 0.29) is 11.5 Å². The minimum atomic E-state index is -2.83. The molecule has 0 spiro atoms. The van der Waals surface area contributed by atoms with E-state index in [2.05, 4.69) is 11.2 Å². The molecule has 0 bridgehead atoms. The van der Waals surface area contributed by atoms with Gasteiger partial charge in [-0.15, -0.1) is 12.3 Å². The van der Waals surface area contributed by atoms with Crippen LogP contribution in [0.25, 0.3) is 0 Å². The van der Waals surface area contributed by atoms with E-state index in [9.17, 15) is 8.42 Å². The predicted molar refractivity (Wildman–Crippen MR) is 55.3 cm³/mol. The van der Waals surface area contributed by atoms with E-state index in [4.69, 9.17) is 6.42 Å². The Labute approximate surface area is 80.8 Å². The van der Waals surface area contributed by atoms with Gasteiger partial charge in [-0.05, 0) is 6.42 Å². The molecule has 0 aliphatic carbocycles. The number of hydrogen-bond acceptors (Lipinski definition) is 3. The van der Waals surface area contributed by atoms with Crippen molar-refractivity contribution in [1.82, 2.24) is 5.32 Å². The fourth-order valence-corrected chi connectivity index (χ4v) is 2.21. The third-order valence-corrected chi connectivity index (χ3v) is 3.41. The molecule has 13 heavy (non-hydrogen) atoms. The Bertz CT molecular complexity index is 251. The maximum atomic E-state index is 11.2. The lowest BCUT2D eigenvalue weighted by atomic mass is 10.4. The molecule has 3 nitrogen and oxygen atoms in total. The summed E-state index contributed by atoms with van der Waals surface area (Å²) in [4.78, 5) is 0. The van der Waals surface area contributed by atoms with Crippen molar-refractivity contribution >= 4 is 9.84 Å². The van der Waals surface area contributed by atoms with Crippen molar-refractivity contribution in [3.05, 3.63) is 0 Å². The van der Waals surface area contributed by atoms with Crippen LogP contribution in [0.5, 0.6) is 0 Å². The summed E-state index contributed by atoms with van der Waals surface area (Å²) in [5.41, 5.74) is 0. The molecule has 0 amide bonds. The fourth-order valence-electron chi connectivity index (χ4n) is 0.926. The predicted octanol–water partition coefficient (Wildman–Crippen LogP) is 0.424. The monoisotopic (exact) mass is 203 g/mol. The highest BCUT2D eigenvalue weighted by molar-refractivity contribution is 7.91. The Balaban J connectivity index is 3.48. The highest BCUT2D eigenvalue weighted by Gasteiger charge is 2.07. The summed E-state index contributed by atoms with van der Waals surface area (Å²) in [6.07, 6.45) is 6.37. The van der Waals surface area contributed by atoms with Gasteiger partial charge in [-0.2, -0.15) is 0 Å². The minimum Gasteiger partial charge on any atom is -0.315 e. The van der Waals surface area contributed by atoms with E-state index in [0.29, 0.717) is 25.9 Å². The maximum Gasteiger partial charge on any atom is 0.151 e. The zero-order chi connectivity index (χ0) is 10.2. The summed E-state index contributed by atoms with van der Waals surface area (Å²) in [7, 11) is -2.83. The SMILES string of the molecule is C#CCCNCCS(=O)(=O)CCC. The van der Waals surface area contributed by atoms with Crippen molar-refractivity contribution in [3.63, 3.8) is 0 Å². The van der Waals surface area contributed by atoms with Gasteiger partial charge in [0.25, 0.3) is 0 Å². The fraction of sp³-hybridized carbons (Fsp3) is 0.778. The molecule has 0 saturated carbocycles. The van der Waals surface area contributed by atoms with Crippen molar-refractivity contribution < 1.29 is 8.42 Å². The number of nitrogens with one attached hydrogen (secondary N) is 1. The van der Waals surface area contributed by atoms with Crippen molar-refractivity contribution in [2.45, 2.75) is 19.8 Å². The number of sulfone groups is 1. The average molecular weight is 203 g/mol. The van der Waals surface area contributed by atoms with Gasteiger partial charge >= 0.3 is 0 Å². The van der Waals surface area contributed by atoms with Crippen LogP contribution in [0.1, 0.15) is 19.8 Å². The molecule has 0 unspecified atom stereocenters. The van der Waals surface area contributed by atoms with Gasteiger partial charge < -0.3 is 5.32 Å². The van der Waals surface area contributed by atoms with Gasteiger partial charge in [0.05, 0.1) is 5.75 Å². The molecule has 0 aromatic rings. The Hall–Kier alpha value is -0.530. The van der Waals surface area contributed by atoms with Crippen LogP contribution in [-0.2, 0) is 9.84 Å². The van der Waals surface area contributed by atoms with Gasteiger partial charge in [0.1, 0.15) is 0 Å². The molecule has 0 aromatic heterocycles. The largest absolute Gasteiger partial charge is 0.315 e. The topological polar surface area (TPSA) is 46.2 Å². The number of terminal acetylenes is 1. The molecule has 76 valence electrons. The average Bonchev–Trinajstić information content (AvgIpc) is 2.04. The first-order valence-electron chi connectivity index (χ1n) is 4.47. The molecular weight excluding hydrogens is 186 g/mol. The van der Waals surface area contributed by atoms with Crippen LogP contribution in [0.3, 0.4) is 0 Å². The van der Waals surface area contributed by atoms with E-state index in [0.717, 1.165) is 0 Å². The first-order chi connectivity index (χ1) is 6.12. The standard InChI is InChI=1S/C9H17NO2S/c1-3-5-6-10-7-9-13(11,12)8-4-2/h1,10H,4-9H2,2H3. The van der Waals surface area contributed by atoms with Crippen LogP contribution in [0, 0.1) is 12.3 Å². The highest BCUT2D eigenvalue weighted by Crippen LogP contribution is 1.91. The molecule has 0 aromatic carbocycles. The second-order valence-electron chi connectivity index (χ2n) is 2.86. The summed E-state index contributed by atoms with van der Waals surface area (Å²) in [6, 6.07) is 0. The van der Waals surface area contributed by atoms with Crippen molar-refractivity contribution in [2.24, 2.45) is 0 Å². The van der Waals surface area contributed by atoms with Crippen molar-refractivity contribution in [3.8, 4) is 12.3 Å². The van der Waals surface area contributed by atoms with Crippen molar-refractivity contribution in [2.75, 3.05) is 24.6 Å². The van der Waals surface area contributed by atoms with Gasteiger partial charge in [-0.3, -0.25) is 0 Å². The summed E-state index contributed by atoms with van der Waals surface area (Å²) in [5.74, 6) is 2.97. The third-order valence-electron chi connectivity index (χ3n) is 1.55. The van der Waals surface area contributed by atoms with E-state index < -0.39 is 9.84 Å². The molecule has 0 radical (unpaired) electrons. The van der Waals surface area contributed by atoms with Gasteiger partial charge in [-0.25, -0.2) is 8.42 Å². The van der Waals surface area contributed by atoms with Gasteiger partial charge in [-0.1, -0.05) is 6.92 Å². The molecule has 0 fully saturated rings. The van der Waals surface area contributed by atoms with Crippen LogP contribution >= 0.6 is 0 Å². The van der Waals surface area contributed by atoms with Crippen molar-refractivity contribution in [1.29, 1.82) is 0 Å². The van der Waals surface area contributed by atoms with Crippen LogP contribution in [0.4, 0.5) is 0 Å². The molecule has 0 aliphatic heterocycles. The van der Waals surface area contributed by atoms with Gasteiger partial charge in [0.2, 0.25) is 0 Å². The van der Waals surface area contributed by atoms with E-state index in [1.165, 1.54) is 0 Å². The van der Waals surface area contributed by atoms with Crippen LogP contribution in [0.2, 0.25) is 0 Å². The Morgan fingerprint density at radius 1 is 1.31 bits per heavy atom. The molecule has 4 heteroatoms. The van der Waals surface area contributed by atoms with Crippen LogP contribution < -0.4 is 5.32 Å². The minimum absolute atomic E-state index is 0.214. The van der Waals surface area contributed by atoms with E-state index in [1.807, 2.05) is 6.92 Å². The second kappa shape index (κ2) is 6.93. The van der Waals surface area contributed by atoms with E-state index >= 15 is 0 Å². The zero-order valence-corrected chi connectivity index (χ0v) is 8.86. The molecule has 0 saturated heterocycles. The zero-order valence-electron chi connectivity index (χ0n) is 8.04. The lowest BCUT2D eigenvalue weighted by molar-refractivity contribution is 0.590. The summed E-state index contributed by atoms with van der Waals surface area (Å²) in [6.45, 7) is 3.06. The second-order valence-corrected chi connectivity index (χ2v) is 5.16. The lowest BCUT2D eigenvalue weighted by Gasteiger charge is -2.03. The first kappa shape index (κ1) is 12.5. The Morgan fingerprint density at radius 2 is 2.00 bits per heavy atom. The van der Waals surface area contributed by atoms with Crippen LogP contribution in [0.15, 0.2) is 0 Å². The summed E-state index contributed by atoms with van der Waals surface area (Å²) < 4.78 is 22.4. The molecular formula is C9H17NO2S. The highest BCUT2D eigenvalue weighted by atomic mass is 32.2. The summed E-state index contributed by atoms with van der Waals surface area (Å²) in [5, 5.41) is 2.98. The lowest BCUT2D eigenvalue weighted by Crippen LogP contribution is -2.24. The van der Waals surface area contributed by atoms with E-state index in [1.54, 1.807) is 0 Å². The Morgan fingerprint density at radius 3 is 2.54 bits per heavy atom. The normalized spacial score (nSPS) is 11.1. The quantitative estimate of drug-likeness (QED) is 0.482. The Kier molecular flexibility index (Phi) is 6.65. The smallest absolute Gasteiger partial charge is 0.151 e.